The van der Waals surface area contributed by atoms with Crippen molar-refractivity contribution in [3.63, 3.8) is 0 Å². The molecular weight excluding hydrogens is 294 g/mol. The molecule has 4 aromatic rings. The van der Waals surface area contributed by atoms with E-state index in [9.17, 15) is 0 Å². The largest absolute Gasteiger partial charge is 0.463 e. The molecule has 22 heavy (non-hydrogen) atoms. The minimum absolute atomic E-state index is 0.816. The second kappa shape index (κ2) is 5.54. The summed E-state index contributed by atoms with van der Waals surface area (Å²) in [6.45, 7) is 0. The van der Waals surface area contributed by atoms with Crippen LogP contribution >= 0.6 is 11.3 Å². The number of thiophene rings is 1. The molecule has 0 spiro atoms. The van der Waals surface area contributed by atoms with Crippen LogP contribution < -0.4 is 0 Å². The van der Waals surface area contributed by atoms with Crippen LogP contribution in [0.4, 0.5) is 0 Å². The Hall–Kier alpha value is -2.79. The molecule has 4 rings (SSSR count). The lowest BCUT2D eigenvalue weighted by molar-refractivity contribution is 0.584. The van der Waals surface area contributed by atoms with E-state index in [1.165, 1.54) is 0 Å². The molecule has 0 bridgehead atoms. The first kappa shape index (κ1) is 12.9. The van der Waals surface area contributed by atoms with E-state index in [0.29, 0.717) is 0 Å². The third-order valence-corrected chi connectivity index (χ3v) is 4.29. The van der Waals surface area contributed by atoms with E-state index in [0.717, 1.165) is 33.2 Å². The summed E-state index contributed by atoms with van der Waals surface area (Å²) in [6.07, 6.45) is 8.60. The Morgan fingerprint density at radius 2 is 1.86 bits per heavy atom. The second-order valence-corrected chi connectivity index (χ2v) is 5.52. The Morgan fingerprint density at radius 1 is 0.909 bits per heavy atom. The molecule has 0 aliphatic carbocycles. The molecule has 0 radical (unpaired) electrons. The van der Waals surface area contributed by atoms with Gasteiger partial charge in [0, 0.05) is 35.1 Å². The molecule has 4 nitrogen and oxygen atoms in total. The molecule has 106 valence electrons. The summed E-state index contributed by atoms with van der Waals surface area (Å²) in [6, 6.07) is 9.72. The molecule has 0 atom stereocenters. The summed E-state index contributed by atoms with van der Waals surface area (Å²) in [5.74, 6) is 0.827. The van der Waals surface area contributed by atoms with Crippen LogP contribution in [-0.4, -0.2) is 15.0 Å². The van der Waals surface area contributed by atoms with Crippen molar-refractivity contribution in [2.75, 3.05) is 0 Å². The Morgan fingerprint density at radius 3 is 2.59 bits per heavy atom. The summed E-state index contributed by atoms with van der Waals surface area (Å²) >= 11 is 1.62. The van der Waals surface area contributed by atoms with Gasteiger partial charge in [-0.05, 0) is 24.3 Å². The molecule has 0 saturated heterocycles. The minimum Gasteiger partial charge on any atom is -0.463 e. The number of hydrogen-bond acceptors (Lipinski definition) is 5. The van der Waals surface area contributed by atoms with Crippen molar-refractivity contribution in [2.24, 2.45) is 0 Å². The van der Waals surface area contributed by atoms with Gasteiger partial charge in [-0.25, -0.2) is 0 Å². The smallest absolute Gasteiger partial charge is 0.144 e. The first-order valence-corrected chi connectivity index (χ1v) is 7.64. The highest BCUT2D eigenvalue weighted by atomic mass is 32.1. The maximum absolute atomic E-state index is 5.57. The van der Waals surface area contributed by atoms with Crippen molar-refractivity contribution in [1.82, 2.24) is 15.0 Å². The van der Waals surface area contributed by atoms with Crippen molar-refractivity contribution in [3.05, 3.63) is 66.8 Å². The zero-order valence-corrected chi connectivity index (χ0v) is 12.3. The van der Waals surface area contributed by atoms with Crippen LogP contribution in [0.3, 0.4) is 0 Å². The van der Waals surface area contributed by atoms with Gasteiger partial charge in [0.15, 0.2) is 0 Å². The summed E-state index contributed by atoms with van der Waals surface area (Å²) in [7, 11) is 0. The Bertz CT molecular complexity index is 871. The minimum atomic E-state index is 0.816. The molecule has 0 fully saturated rings. The molecule has 4 aromatic heterocycles. The zero-order valence-electron chi connectivity index (χ0n) is 11.5. The van der Waals surface area contributed by atoms with Gasteiger partial charge in [-0.2, -0.15) is 0 Å². The predicted molar refractivity (Wildman–Crippen MR) is 86.3 cm³/mol. The summed E-state index contributed by atoms with van der Waals surface area (Å²) in [4.78, 5) is 14.1. The fourth-order valence-electron chi connectivity index (χ4n) is 2.34. The third kappa shape index (κ3) is 2.21. The molecule has 0 aliphatic rings. The number of pyridine rings is 1. The monoisotopic (exact) mass is 305 g/mol. The fraction of sp³-hybridized carbons (Fsp3) is 0. The van der Waals surface area contributed by atoms with Gasteiger partial charge in [0.05, 0.1) is 28.7 Å². The van der Waals surface area contributed by atoms with Crippen LogP contribution in [0.25, 0.3) is 33.2 Å². The standard InChI is InChI=1S/C17H11N3OS/c1-2-6-19-13(4-1)12-11-22-17(15-5-3-9-21-15)16(12)14-10-18-7-8-20-14/h1-11H. The second-order valence-electron chi connectivity index (χ2n) is 4.64. The topological polar surface area (TPSA) is 51.8 Å². The first-order valence-electron chi connectivity index (χ1n) is 6.76. The van der Waals surface area contributed by atoms with Crippen molar-refractivity contribution in [2.45, 2.75) is 0 Å². The van der Waals surface area contributed by atoms with Gasteiger partial charge in [0.2, 0.25) is 0 Å². The molecule has 0 saturated carbocycles. The van der Waals surface area contributed by atoms with Gasteiger partial charge in [0.1, 0.15) is 5.76 Å². The van der Waals surface area contributed by atoms with E-state index < -0.39 is 0 Å². The Kier molecular flexibility index (Phi) is 3.25. The number of hydrogen-bond donors (Lipinski definition) is 0. The summed E-state index contributed by atoms with van der Waals surface area (Å²) in [5.41, 5.74) is 3.78. The Labute approximate surface area is 131 Å². The van der Waals surface area contributed by atoms with E-state index in [4.69, 9.17) is 4.42 Å². The van der Waals surface area contributed by atoms with Crippen LogP contribution in [-0.2, 0) is 0 Å². The lowest BCUT2D eigenvalue weighted by Crippen LogP contribution is -1.88. The average Bonchev–Trinajstić information content (AvgIpc) is 3.25. The Balaban J connectivity index is 1.97. The predicted octanol–water partition coefficient (Wildman–Crippen LogP) is 4.53. The van der Waals surface area contributed by atoms with E-state index in [1.54, 1.807) is 42.4 Å². The molecular formula is C17H11N3OS. The zero-order chi connectivity index (χ0) is 14.8. The van der Waals surface area contributed by atoms with Crippen LogP contribution in [0.1, 0.15) is 0 Å². The molecule has 4 heterocycles. The SMILES string of the molecule is c1ccc(-c2csc(-c3ccco3)c2-c2cnccn2)nc1. The highest BCUT2D eigenvalue weighted by Gasteiger charge is 2.19. The van der Waals surface area contributed by atoms with Crippen molar-refractivity contribution < 1.29 is 4.42 Å². The summed E-state index contributed by atoms with van der Waals surface area (Å²) < 4.78 is 5.57. The number of nitrogens with zero attached hydrogens (tertiary/aromatic N) is 3. The van der Waals surface area contributed by atoms with Gasteiger partial charge < -0.3 is 4.42 Å². The van der Waals surface area contributed by atoms with E-state index in [-0.39, 0.29) is 0 Å². The maximum atomic E-state index is 5.57. The average molecular weight is 305 g/mol. The van der Waals surface area contributed by atoms with Gasteiger partial charge in [0.25, 0.3) is 0 Å². The number of furan rings is 1. The fourth-order valence-corrected chi connectivity index (χ4v) is 3.38. The van der Waals surface area contributed by atoms with Crippen LogP contribution in [0.15, 0.2) is 71.2 Å². The van der Waals surface area contributed by atoms with Crippen molar-refractivity contribution >= 4 is 11.3 Å². The normalized spacial score (nSPS) is 10.7. The van der Waals surface area contributed by atoms with Gasteiger partial charge in [-0.3, -0.25) is 15.0 Å². The van der Waals surface area contributed by atoms with Crippen molar-refractivity contribution in [3.8, 4) is 33.2 Å². The van der Waals surface area contributed by atoms with Crippen LogP contribution in [0.2, 0.25) is 0 Å². The molecule has 5 heteroatoms. The summed E-state index contributed by atoms with van der Waals surface area (Å²) in [5, 5.41) is 2.09. The molecule has 0 unspecified atom stereocenters. The van der Waals surface area contributed by atoms with Crippen LogP contribution in [0.5, 0.6) is 0 Å². The van der Waals surface area contributed by atoms with Crippen LogP contribution in [0, 0.1) is 0 Å². The number of rotatable bonds is 3. The van der Waals surface area contributed by atoms with E-state index in [2.05, 4.69) is 20.3 Å². The molecule has 0 N–H and O–H groups in total. The third-order valence-electron chi connectivity index (χ3n) is 3.30. The molecule has 0 aliphatic heterocycles. The van der Waals surface area contributed by atoms with Gasteiger partial charge >= 0.3 is 0 Å². The molecule has 0 aromatic carbocycles. The number of aromatic nitrogens is 3. The van der Waals surface area contributed by atoms with Gasteiger partial charge in [-0.1, -0.05) is 6.07 Å². The van der Waals surface area contributed by atoms with Crippen molar-refractivity contribution in [1.29, 1.82) is 0 Å². The first-order chi connectivity index (χ1) is 10.9. The lowest BCUT2D eigenvalue weighted by Gasteiger charge is -2.05. The highest BCUT2D eigenvalue weighted by molar-refractivity contribution is 7.14. The highest BCUT2D eigenvalue weighted by Crippen LogP contribution is 2.43. The molecule has 0 amide bonds. The van der Waals surface area contributed by atoms with Gasteiger partial charge in [-0.15, -0.1) is 11.3 Å². The lowest BCUT2D eigenvalue weighted by atomic mass is 10.0. The quantitative estimate of drug-likeness (QED) is 0.558. The van der Waals surface area contributed by atoms with E-state index >= 15 is 0 Å². The maximum Gasteiger partial charge on any atom is 0.144 e. The van der Waals surface area contributed by atoms with E-state index in [1.807, 2.05) is 30.3 Å².